The van der Waals surface area contributed by atoms with Crippen LogP contribution in [0.4, 0.5) is 10.1 Å². The summed E-state index contributed by atoms with van der Waals surface area (Å²) in [6.45, 7) is 2.91. The fourth-order valence-corrected chi connectivity index (χ4v) is 3.11. The maximum absolute atomic E-state index is 14.6. The van der Waals surface area contributed by atoms with E-state index >= 15 is 0 Å². The van der Waals surface area contributed by atoms with Gasteiger partial charge in [-0.25, -0.2) is 9.18 Å². The fraction of sp³-hybridized carbons (Fsp3) is 0.294. The largest absolute Gasteiger partial charge is 0.477 e. The van der Waals surface area contributed by atoms with Gasteiger partial charge in [-0.15, -0.1) is 0 Å². The molecule has 6 nitrogen and oxygen atoms in total. The number of aromatic carboxylic acids is 1. The van der Waals surface area contributed by atoms with Crippen LogP contribution in [0.25, 0.3) is 16.6 Å². The number of hydrogen-bond acceptors (Lipinski definition) is 4. The molecule has 2 aromatic rings. The SMILES string of the molecule is O=C(O)c1cn(C2=CC2)c2cc(N3CCNCC3)c(F)cc2c1=O. The molecule has 0 amide bonds. The second kappa shape index (κ2) is 5.45. The predicted octanol–water partition coefficient (Wildman–Crippen LogP) is 1.49. The Hall–Kier alpha value is -2.67. The third-order valence-corrected chi connectivity index (χ3v) is 4.46. The summed E-state index contributed by atoms with van der Waals surface area (Å²) >= 11 is 0. The fourth-order valence-electron chi connectivity index (χ4n) is 3.11. The van der Waals surface area contributed by atoms with Crippen LogP contribution in [0, 0.1) is 5.82 Å². The first-order chi connectivity index (χ1) is 11.6. The summed E-state index contributed by atoms with van der Waals surface area (Å²) in [5, 5.41) is 12.6. The summed E-state index contributed by atoms with van der Waals surface area (Å²) in [5.41, 5.74) is 0.913. The van der Waals surface area contributed by atoms with E-state index in [4.69, 9.17) is 0 Å². The van der Waals surface area contributed by atoms with Gasteiger partial charge in [0, 0.05) is 49.9 Å². The number of allylic oxidation sites excluding steroid dienone is 2. The van der Waals surface area contributed by atoms with Crippen molar-refractivity contribution in [1.29, 1.82) is 0 Å². The number of pyridine rings is 1. The number of anilines is 1. The maximum atomic E-state index is 14.6. The quantitative estimate of drug-likeness (QED) is 0.892. The molecule has 0 bridgehead atoms. The van der Waals surface area contributed by atoms with Crippen molar-refractivity contribution in [3.05, 3.63) is 46.0 Å². The predicted molar refractivity (Wildman–Crippen MR) is 89.1 cm³/mol. The minimum absolute atomic E-state index is 0.0964. The summed E-state index contributed by atoms with van der Waals surface area (Å²) in [4.78, 5) is 25.7. The van der Waals surface area contributed by atoms with E-state index in [-0.39, 0.29) is 10.9 Å². The number of aromatic nitrogens is 1. The van der Waals surface area contributed by atoms with Gasteiger partial charge in [-0.3, -0.25) is 4.79 Å². The second-order valence-corrected chi connectivity index (χ2v) is 6.00. The smallest absolute Gasteiger partial charge is 0.341 e. The zero-order chi connectivity index (χ0) is 16.8. The molecule has 24 heavy (non-hydrogen) atoms. The Morgan fingerprint density at radius 3 is 2.58 bits per heavy atom. The summed E-state index contributed by atoms with van der Waals surface area (Å²) < 4.78 is 16.3. The molecule has 1 saturated heterocycles. The monoisotopic (exact) mass is 329 g/mol. The number of rotatable bonds is 3. The lowest BCUT2D eigenvalue weighted by atomic mass is 10.1. The molecule has 0 atom stereocenters. The maximum Gasteiger partial charge on any atom is 0.341 e. The third-order valence-electron chi connectivity index (χ3n) is 4.46. The van der Waals surface area contributed by atoms with Crippen molar-refractivity contribution in [2.45, 2.75) is 6.42 Å². The van der Waals surface area contributed by atoms with Gasteiger partial charge in [0.1, 0.15) is 11.4 Å². The van der Waals surface area contributed by atoms with E-state index in [0.29, 0.717) is 24.3 Å². The third kappa shape index (κ3) is 2.37. The molecule has 2 heterocycles. The highest BCUT2D eigenvalue weighted by molar-refractivity contribution is 5.95. The molecule has 0 unspecified atom stereocenters. The van der Waals surface area contributed by atoms with E-state index < -0.39 is 17.2 Å². The van der Waals surface area contributed by atoms with E-state index in [0.717, 1.165) is 25.2 Å². The summed E-state index contributed by atoms with van der Waals surface area (Å²) in [7, 11) is 0. The molecule has 2 aliphatic rings. The van der Waals surface area contributed by atoms with Crippen LogP contribution >= 0.6 is 0 Å². The second-order valence-electron chi connectivity index (χ2n) is 6.00. The Morgan fingerprint density at radius 2 is 1.96 bits per heavy atom. The highest BCUT2D eigenvalue weighted by Crippen LogP contribution is 2.31. The number of piperazine rings is 1. The van der Waals surface area contributed by atoms with Gasteiger partial charge in [-0.2, -0.15) is 0 Å². The number of carboxylic acids is 1. The zero-order valence-electron chi connectivity index (χ0n) is 12.9. The molecule has 0 spiro atoms. The van der Waals surface area contributed by atoms with E-state index in [9.17, 15) is 19.1 Å². The molecular formula is C17H16FN3O3. The molecule has 0 saturated carbocycles. The average molecular weight is 329 g/mol. The van der Waals surface area contributed by atoms with E-state index in [2.05, 4.69) is 5.32 Å². The van der Waals surface area contributed by atoms with Crippen molar-refractivity contribution in [2.75, 3.05) is 31.1 Å². The Labute approximate surface area is 136 Å². The van der Waals surface area contributed by atoms with Crippen LogP contribution in [0.2, 0.25) is 0 Å². The molecule has 124 valence electrons. The van der Waals surface area contributed by atoms with Crippen molar-refractivity contribution in [3.63, 3.8) is 0 Å². The molecule has 1 aromatic heterocycles. The number of hydrogen-bond donors (Lipinski definition) is 2. The molecular weight excluding hydrogens is 313 g/mol. The first-order valence-electron chi connectivity index (χ1n) is 7.83. The number of halogens is 1. The molecule has 7 heteroatoms. The number of nitrogens with one attached hydrogen (secondary N) is 1. The normalized spacial score (nSPS) is 17.0. The molecule has 4 rings (SSSR count). The lowest BCUT2D eigenvalue weighted by Crippen LogP contribution is -2.43. The van der Waals surface area contributed by atoms with E-state index in [1.165, 1.54) is 12.3 Å². The van der Waals surface area contributed by atoms with Crippen LogP contribution < -0.4 is 15.6 Å². The Kier molecular flexibility index (Phi) is 3.38. The number of carbonyl (C=O) groups is 1. The standard InChI is InChI=1S/C17H16FN3O3/c18-13-7-11-14(8-15(13)20-5-3-19-4-6-20)21(10-1-2-10)9-12(16(11)22)17(23)24/h1,7-9,19H,2-6H2,(H,23,24). The van der Waals surface area contributed by atoms with Crippen LogP contribution in [0.1, 0.15) is 16.8 Å². The number of carboxylic acid groups (broad SMARTS) is 1. The van der Waals surface area contributed by atoms with Gasteiger partial charge in [0.15, 0.2) is 0 Å². The first-order valence-corrected chi connectivity index (χ1v) is 7.83. The molecule has 0 radical (unpaired) electrons. The molecule has 1 aliphatic carbocycles. The molecule has 1 aliphatic heterocycles. The van der Waals surface area contributed by atoms with Gasteiger partial charge in [-0.05, 0) is 12.1 Å². The number of nitrogens with zero attached hydrogens (tertiary/aromatic N) is 2. The zero-order valence-corrected chi connectivity index (χ0v) is 12.9. The highest BCUT2D eigenvalue weighted by atomic mass is 19.1. The van der Waals surface area contributed by atoms with Crippen LogP contribution in [-0.4, -0.2) is 41.8 Å². The summed E-state index contributed by atoms with van der Waals surface area (Å²) in [5.74, 6) is -1.80. The molecule has 2 N–H and O–H groups in total. The molecule has 1 aromatic carbocycles. The van der Waals surface area contributed by atoms with Crippen LogP contribution in [0.5, 0.6) is 0 Å². The minimum atomic E-state index is -1.30. The summed E-state index contributed by atoms with van der Waals surface area (Å²) in [6.07, 6.45) is 4.01. The van der Waals surface area contributed by atoms with Crippen molar-refractivity contribution in [2.24, 2.45) is 0 Å². The van der Waals surface area contributed by atoms with Crippen LogP contribution in [-0.2, 0) is 0 Å². The van der Waals surface area contributed by atoms with E-state index in [1.807, 2.05) is 11.0 Å². The van der Waals surface area contributed by atoms with Crippen LogP contribution in [0.3, 0.4) is 0 Å². The first kappa shape index (κ1) is 14.9. The number of fused-ring (bicyclic) bond motifs is 1. The van der Waals surface area contributed by atoms with Gasteiger partial charge in [-0.1, -0.05) is 6.08 Å². The van der Waals surface area contributed by atoms with Gasteiger partial charge in [0.25, 0.3) is 0 Å². The Morgan fingerprint density at radius 1 is 1.25 bits per heavy atom. The van der Waals surface area contributed by atoms with Crippen molar-refractivity contribution >= 4 is 28.3 Å². The van der Waals surface area contributed by atoms with Gasteiger partial charge >= 0.3 is 5.97 Å². The number of benzene rings is 1. The lowest BCUT2D eigenvalue weighted by molar-refractivity contribution is 0.0695. The Balaban J connectivity index is 1.97. The summed E-state index contributed by atoms with van der Waals surface area (Å²) in [6, 6.07) is 2.82. The van der Waals surface area contributed by atoms with Crippen LogP contribution in [0.15, 0.2) is 29.2 Å². The average Bonchev–Trinajstić information content (AvgIpc) is 3.40. The van der Waals surface area contributed by atoms with Gasteiger partial charge in [0.2, 0.25) is 5.43 Å². The molecule has 1 fully saturated rings. The lowest BCUT2D eigenvalue weighted by Gasteiger charge is -2.30. The van der Waals surface area contributed by atoms with Gasteiger partial charge in [0.05, 0.1) is 11.2 Å². The van der Waals surface area contributed by atoms with Crippen molar-refractivity contribution in [3.8, 4) is 0 Å². The highest BCUT2D eigenvalue weighted by Gasteiger charge is 2.22. The topological polar surface area (TPSA) is 74.6 Å². The Bertz CT molecular complexity index is 942. The van der Waals surface area contributed by atoms with Gasteiger partial charge < -0.3 is 19.9 Å². The van der Waals surface area contributed by atoms with E-state index in [1.54, 1.807) is 10.6 Å². The van der Waals surface area contributed by atoms with Crippen molar-refractivity contribution < 1.29 is 14.3 Å². The minimum Gasteiger partial charge on any atom is -0.477 e. The van der Waals surface area contributed by atoms with Crippen molar-refractivity contribution in [1.82, 2.24) is 9.88 Å².